The molecular formula is C25H27N3O4S. The maximum Gasteiger partial charge on any atom is 0.235 e. The number of hydrogen-bond donors (Lipinski definition) is 0. The molecule has 2 aliphatic heterocycles. The van der Waals surface area contributed by atoms with Crippen LogP contribution in [0.5, 0.6) is 5.75 Å². The molecule has 0 bridgehead atoms. The van der Waals surface area contributed by atoms with Crippen molar-refractivity contribution < 1.29 is 17.9 Å². The zero-order valence-corrected chi connectivity index (χ0v) is 19.5. The van der Waals surface area contributed by atoms with Crippen LogP contribution in [-0.4, -0.2) is 44.6 Å². The first-order chi connectivity index (χ1) is 16.0. The minimum absolute atomic E-state index is 0.141. The SMILES string of the molecule is CCn1c(-c2ccc(N3CCCS3(=O)=O)cc2)c(C#N)c2ccc(OC[C@H]3CCCO3)cc21. The second-order valence-corrected chi connectivity index (χ2v) is 10.5. The third kappa shape index (κ3) is 3.96. The number of aryl methyl sites for hydroxylation is 1. The highest BCUT2D eigenvalue weighted by atomic mass is 32.2. The van der Waals surface area contributed by atoms with Crippen molar-refractivity contribution in [1.29, 1.82) is 5.26 Å². The van der Waals surface area contributed by atoms with Crippen LogP contribution in [0, 0.1) is 11.3 Å². The van der Waals surface area contributed by atoms with Gasteiger partial charge >= 0.3 is 0 Å². The summed E-state index contributed by atoms with van der Waals surface area (Å²) in [5, 5.41) is 10.9. The first-order valence-electron chi connectivity index (χ1n) is 11.4. The van der Waals surface area contributed by atoms with Crippen molar-refractivity contribution in [2.75, 3.05) is 29.8 Å². The van der Waals surface area contributed by atoms with Crippen molar-refractivity contribution in [3.05, 3.63) is 48.0 Å². The Bertz CT molecular complexity index is 1320. The van der Waals surface area contributed by atoms with Crippen LogP contribution in [-0.2, 0) is 21.3 Å². The van der Waals surface area contributed by atoms with Crippen LogP contribution < -0.4 is 9.04 Å². The maximum absolute atomic E-state index is 12.3. The van der Waals surface area contributed by atoms with Crippen molar-refractivity contribution in [2.45, 2.75) is 38.8 Å². The summed E-state index contributed by atoms with van der Waals surface area (Å²) in [5.74, 6) is 0.949. The predicted octanol–water partition coefficient (Wildman–Crippen LogP) is 4.30. The van der Waals surface area contributed by atoms with Gasteiger partial charge in [0.1, 0.15) is 18.4 Å². The molecular weight excluding hydrogens is 438 g/mol. The molecule has 3 aromatic rings. The Morgan fingerprint density at radius 2 is 2.00 bits per heavy atom. The Labute approximate surface area is 194 Å². The van der Waals surface area contributed by atoms with E-state index in [1.54, 1.807) is 0 Å². The predicted molar refractivity (Wildman–Crippen MR) is 128 cm³/mol. The van der Waals surface area contributed by atoms with Gasteiger partial charge in [-0.05, 0) is 56.0 Å². The maximum atomic E-state index is 12.3. The van der Waals surface area contributed by atoms with Crippen LogP contribution in [0.25, 0.3) is 22.2 Å². The van der Waals surface area contributed by atoms with Gasteiger partial charge in [-0.2, -0.15) is 5.26 Å². The molecule has 7 nitrogen and oxygen atoms in total. The monoisotopic (exact) mass is 465 g/mol. The quantitative estimate of drug-likeness (QED) is 0.542. The van der Waals surface area contributed by atoms with E-state index in [0.717, 1.165) is 47.4 Å². The molecule has 0 aliphatic carbocycles. The zero-order valence-electron chi connectivity index (χ0n) is 18.7. The molecule has 33 heavy (non-hydrogen) atoms. The average molecular weight is 466 g/mol. The van der Waals surface area contributed by atoms with Crippen LogP contribution in [0.15, 0.2) is 42.5 Å². The lowest BCUT2D eigenvalue weighted by Gasteiger charge is -2.17. The number of nitriles is 1. The first kappa shape index (κ1) is 21.8. The van der Waals surface area contributed by atoms with E-state index in [4.69, 9.17) is 9.47 Å². The van der Waals surface area contributed by atoms with Gasteiger partial charge in [0, 0.05) is 31.1 Å². The van der Waals surface area contributed by atoms with Gasteiger partial charge in [-0.1, -0.05) is 12.1 Å². The molecule has 0 radical (unpaired) electrons. The van der Waals surface area contributed by atoms with E-state index >= 15 is 0 Å². The van der Waals surface area contributed by atoms with Gasteiger partial charge in [-0.3, -0.25) is 4.31 Å². The lowest BCUT2D eigenvalue weighted by Crippen LogP contribution is -2.24. The fourth-order valence-electron chi connectivity index (χ4n) is 4.84. The highest BCUT2D eigenvalue weighted by molar-refractivity contribution is 7.93. The fraction of sp³-hybridized carbons (Fsp3) is 0.400. The summed E-state index contributed by atoms with van der Waals surface area (Å²) in [4.78, 5) is 0. The van der Waals surface area contributed by atoms with Gasteiger partial charge in [0.15, 0.2) is 0 Å². The lowest BCUT2D eigenvalue weighted by molar-refractivity contribution is 0.0680. The van der Waals surface area contributed by atoms with E-state index in [0.29, 0.717) is 37.4 Å². The Hall–Kier alpha value is -3.02. The molecule has 1 aromatic heterocycles. The van der Waals surface area contributed by atoms with E-state index in [2.05, 4.69) is 17.6 Å². The minimum atomic E-state index is -3.23. The number of rotatable bonds is 6. The number of fused-ring (bicyclic) bond motifs is 1. The van der Waals surface area contributed by atoms with E-state index < -0.39 is 10.0 Å². The van der Waals surface area contributed by atoms with Crippen LogP contribution in [0.1, 0.15) is 31.7 Å². The number of ether oxygens (including phenoxy) is 2. The Kier molecular flexibility index (Phi) is 5.77. The molecule has 2 aliphatic rings. The normalized spacial score (nSPS) is 19.8. The summed E-state index contributed by atoms with van der Waals surface area (Å²) in [5.41, 5.74) is 3.94. The van der Waals surface area contributed by atoms with E-state index in [1.807, 2.05) is 42.5 Å². The second kappa shape index (κ2) is 8.73. The third-order valence-electron chi connectivity index (χ3n) is 6.45. The fourth-order valence-corrected chi connectivity index (χ4v) is 6.41. The van der Waals surface area contributed by atoms with Crippen LogP contribution >= 0.6 is 0 Å². The highest BCUT2D eigenvalue weighted by Crippen LogP contribution is 2.36. The van der Waals surface area contributed by atoms with Gasteiger partial charge in [0.25, 0.3) is 0 Å². The van der Waals surface area contributed by atoms with E-state index in [1.165, 1.54) is 4.31 Å². The number of aromatic nitrogens is 1. The number of benzene rings is 2. The van der Waals surface area contributed by atoms with Gasteiger partial charge in [-0.25, -0.2) is 8.42 Å². The smallest absolute Gasteiger partial charge is 0.235 e. The molecule has 1 atom stereocenters. The molecule has 0 spiro atoms. The zero-order chi connectivity index (χ0) is 23.0. The van der Waals surface area contributed by atoms with E-state index in [-0.39, 0.29) is 11.9 Å². The molecule has 3 heterocycles. The number of sulfonamides is 1. The molecule has 0 N–H and O–H groups in total. The van der Waals surface area contributed by atoms with Gasteiger partial charge in [-0.15, -0.1) is 0 Å². The molecule has 0 saturated carbocycles. The average Bonchev–Trinajstić information content (AvgIpc) is 3.54. The number of anilines is 1. The van der Waals surface area contributed by atoms with Gasteiger partial charge < -0.3 is 14.0 Å². The molecule has 5 rings (SSSR count). The van der Waals surface area contributed by atoms with Gasteiger partial charge in [0.05, 0.1) is 34.3 Å². The number of nitrogens with zero attached hydrogens (tertiary/aromatic N) is 3. The molecule has 0 amide bonds. The molecule has 172 valence electrons. The number of hydrogen-bond acceptors (Lipinski definition) is 5. The highest BCUT2D eigenvalue weighted by Gasteiger charge is 2.28. The third-order valence-corrected chi connectivity index (χ3v) is 8.32. The Morgan fingerprint density at radius 1 is 1.18 bits per heavy atom. The van der Waals surface area contributed by atoms with E-state index in [9.17, 15) is 13.7 Å². The standard InChI is InChI=1S/C25H27N3O4S/c1-2-27-24-15-20(32-17-21-5-3-13-31-21)10-11-22(24)23(16-26)25(27)18-6-8-19(9-7-18)28-12-4-14-33(28,29)30/h6-11,15,21H,2-5,12-14,17H2,1H3/t21-/m1/s1. The molecule has 2 saturated heterocycles. The van der Waals surface area contributed by atoms with Crippen LogP contribution in [0.2, 0.25) is 0 Å². The molecule has 2 fully saturated rings. The largest absolute Gasteiger partial charge is 0.491 e. The van der Waals surface area contributed by atoms with Gasteiger partial charge in [0.2, 0.25) is 10.0 Å². The van der Waals surface area contributed by atoms with Crippen molar-refractivity contribution in [3.8, 4) is 23.1 Å². The summed E-state index contributed by atoms with van der Waals surface area (Å²) >= 11 is 0. The minimum Gasteiger partial charge on any atom is -0.491 e. The van der Waals surface area contributed by atoms with Crippen molar-refractivity contribution in [1.82, 2.24) is 4.57 Å². The van der Waals surface area contributed by atoms with Crippen LogP contribution in [0.3, 0.4) is 0 Å². The van der Waals surface area contributed by atoms with Crippen LogP contribution in [0.4, 0.5) is 5.69 Å². The Balaban J connectivity index is 1.51. The van der Waals surface area contributed by atoms with Crippen molar-refractivity contribution in [3.63, 3.8) is 0 Å². The summed E-state index contributed by atoms with van der Waals surface area (Å²) in [6, 6.07) is 15.7. The van der Waals surface area contributed by atoms with Crippen molar-refractivity contribution >= 4 is 26.6 Å². The summed E-state index contributed by atoms with van der Waals surface area (Å²) in [7, 11) is -3.23. The lowest BCUT2D eigenvalue weighted by atomic mass is 10.1. The second-order valence-electron chi connectivity index (χ2n) is 8.49. The molecule has 8 heteroatoms. The Morgan fingerprint density at radius 3 is 2.64 bits per heavy atom. The first-order valence-corrected chi connectivity index (χ1v) is 13.0. The topological polar surface area (TPSA) is 84.6 Å². The molecule has 2 aromatic carbocycles. The summed E-state index contributed by atoms with van der Waals surface area (Å²) < 4.78 is 39.8. The summed E-state index contributed by atoms with van der Waals surface area (Å²) in [6.07, 6.45) is 2.87. The summed E-state index contributed by atoms with van der Waals surface area (Å²) in [6.45, 7) is 4.56. The molecule has 0 unspecified atom stereocenters. The van der Waals surface area contributed by atoms with Crippen molar-refractivity contribution in [2.24, 2.45) is 0 Å².